The highest BCUT2D eigenvalue weighted by molar-refractivity contribution is 9.10. The summed E-state index contributed by atoms with van der Waals surface area (Å²) in [5.74, 6) is 0.610. The van der Waals surface area contributed by atoms with Gasteiger partial charge in [0.15, 0.2) is 0 Å². The van der Waals surface area contributed by atoms with Crippen LogP contribution in [0.5, 0.6) is 0 Å². The number of halogens is 2. The third-order valence-electron chi connectivity index (χ3n) is 4.42. The van der Waals surface area contributed by atoms with Gasteiger partial charge in [0.2, 0.25) is 0 Å². The molecule has 0 bridgehead atoms. The van der Waals surface area contributed by atoms with E-state index in [2.05, 4.69) is 46.7 Å². The first kappa shape index (κ1) is 16.4. The molecule has 7 heteroatoms. The Kier molecular flexibility index (Phi) is 4.59. The first-order chi connectivity index (χ1) is 12.2. The van der Waals surface area contributed by atoms with Crippen LogP contribution in [-0.2, 0) is 6.54 Å². The van der Waals surface area contributed by atoms with Crippen molar-refractivity contribution in [1.29, 1.82) is 0 Å². The van der Waals surface area contributed by atoms with Crippen LogP contribution in [0.4, 0.5) is 10.2 Å². The van der Waals surface area contributed by atoms with Crippen LogP contribution in [0.3, 0.4) is 0 Å². The third kappa shape index (κ3) is 3.62. The number of piperazine rings is 1. The minimum atomic E-state index is -0.274. The zero-order chi connectivity index (χ0) is 17.2. The van der Waals surface area contributed by atoms with Crippen LogP contribution in [0.1, 0.15) is 5.56 Å². The topological polar surface area (TPSA) is 45.2 Å². The molecule has 128 valence electrons. The van der Waals surface area contributed by atoms with Gasteiger partial charge in [-0.15, -0.1) is 0 Å². The molecule has 0 saturated carbocycles. The SMILES string of the molecule is Fc1ccc2c(N3CCN(Cc4cncc(Br)c4)CC3)ncnc2c1. The van der Waals surface area contributed by atoms with E-state index < -0.39 is 0 Å². The maximum absolute atomic E-state index is 13.4. The van der Waals surface area contributed by atoms with E-state index in [4.69, 9.17) is 0 Å². The zero-order valence-corrected chi connectivity index (χ0v) is 15.2. The lowest BCUT2D eigenvalue weighted by molar-refractivity contribution is 0.249. The van der Waals surface area contributed by atoms with Gasteiger partial charge in [0.25, 0.3) is 0 Å². The summed E-state index contributed by atoms with van der Waals surface area (Å²) in [6.45, 7) is 4.53. The van der Waals surface area contributed by atoms with Crippen LogP contribution >= 0.6 is 15.9 Å². The van der Waals surface area contributed by atoms with Crippen molar-refractivity contribution in [3.8, 4) is 0 Å². The Labute approximate surface area is 153 Å². The van der Waals surface area contributed by atoms with Crippen molar-refractivity contribution in [2.24, 2.45) is 0 Å². The standard InChI is InChI=1S/C18H17BrFN5/c19-14-7-13(9-21-10-14)11-24-3-5-25(6-4-24)18-16-2-1-15(20)8-17(16)22-12-23-18/h1-2,7-10,12H,3-6,11H2. The highest BCUT2D eigenvalue weighted by Gasteiger charge is 2.20. The largest absolute Gasteiger partial charge is 0.353 e. The number of rotatable bonds is 3. The molecule has 0 N–H and O–H groups in total. The van der Waals surface area contributed by atoms with Gasteiger partial charge in [-0.3, -0.25) is 9.88 Å². The Morgan fingerprint density at radius 1 is 1.04 bits per heavy atom. The van der Waals surface area contributed by atoms with Gasteiger partial charge in [-0.2, -0.15) is 0 Å². The fraction of sp³-hybridized carbons (Fsp3) is 0.278. The maximum atomic E-state index is 13.4. The number of aromatic nitrogens is 3. The number of hydrogen-bond donors (Lipinski definition) is 0. The smallest absolute Gasteiger partial charge is 0.139 e. The molecular weight excluding hydrogens is 385 g/mol. The first-order valence-electron chi connectivity index (χ1n) is 8.16. The molecule has 2 aromatic heterocycles. The maximum Gasteiger partial charge on any atom is 0.139 e. The Balaban J connectivity index is 1.47. The van der Waals surface area contributed by atoms with Gasteiger partial charge < -0.3 is 4.90 Å². The van der Waals surface area contributed by atoms with E-state index in [0.29, 0.717) is 5.52 Å². The first-order valence-corrected chi connectivity index (χ1v) is 8.95. The summed E-state index contributed by atoms with van der Waals surface area (Å²) >= 11 is 3.47. The number of nitrogens with zero attached hydrogens (tertiary/aromatic N) is 5. The quantitative estimate of drug-likeness (QED) is 0.673. The van der Waals surface area contributed by atoms with Crippen LogP contribution < -0.4 is 4.90 Å². The average molecular weight is 402 g/mol. The molecule has 1 saturated heterocycles. The highest BCUT2D eigenvalue weighted by atomic mass is 79.9. The minimum absolute atomic E-state index is 0.274. The van der Waals surface area contributed by atoms with Crippen molar-refractivity contribution in [3.63, 3.8) is 0 Å². The van der Waals surface area contributed by atoms with Gasteiger partial charge in [0.05, 0.1) is 5.52 Å². The Morgan fingerprint density at radius 2 is 1.88 bits per heavy atom. The monoisotopic (exact) mass is 401 g/mol. The summed E-state index contributed by atoms with van der Waals surface area (Å²) in [4.78, 5) is 17.5. The molecular formula is C18H17BrFN5. The lowest BCUT2D eigenvalue weighted by Crippen LogP contribution is -2.46. The van der Waals surface area contributed by atoms with Crippen molar-refractivity contribution in [2.45, 2.75) is 6.54 Å². The molecule has 3 heterocycles. The number of fused-ring (bicyclic) bond motifs is 1. The minimum Gasteiger partial charge on any atom is -0.353 e. The number of anilines is 1. The van der Waals surface area contributed by atoms with E-state index in [-0.39, 0.29) is 5.82 Å². The molecule has 1 aliphatic rings. The molecule has 0 atom stereocenters. The summed E-state index contributed by atoms with van der Waals surface area (Å²) in [7, 11) is 0. The number of pyridine rings is 1. The Morgan fingerprint density at radius 3 is 2.68 bits per heavy atom. The van der Waals surface area contributed by atoms with E-state index in [1.54, 1.807) is 12.3 Å². The van der Waals surface area contributed by atoms with Crippen LogP contribution in [0.25, 0.3) is 10.9 Å². The molecule has 25 heavy (non-hydrogen) atoms. The van der Waals surface area contributed by atoms with Gasteiger partial charge in [-0.05, 0) is 39.7 Å². The van der Waals surface area contributed by atoms with Crippen molar-refractivity contribution in [3.05, 3.63) is 58.8 Å². The summed E-state index contributed by atoms with van der Waals surface area (Å²) < 4.78 is 14.4. The van der Waals surface area contributed by atoms with E-state index in [0.717, 1.165) is 48.4 Å². The average Bonchev–Trinajstić information content (AvgIpc) is 2.62. The van der Waals surface area contributed by atoms with Crippen molar-refractivity contribution in [1.82, 2.24) is 19.9 Å². The lowest BCUT2D eigenvalue weighted by Gasteiger charge is -2.35. The second-order valence-corrected chi connectivity index (χ2v) is 7.05. The molecule has 0 aliphatic carbocycles. The van der Waals surface area contributed by atoms with Crippen molar-refractivity contribution < 1.29 is 4.39 Å². The Hall–Kier alpha value is -2.12. The molecule has 0 amide bonds. The molecule has 1 aromatic carbocycles. The van der Waals surface area contributed by atoms with E-state index in [9.17, 15) is 4.39 Å². The lowest BCUT2D eigenvalue weighted by atomic mass is 10.2. The van der Waals surface area contributed by atoms with E-state index in [1.807, 2.05) is 6.20 Å². The summed E-state index contributed by atoms with van der Waals surface area (Å²) in [5, 5.41) is 0.897. The molecule has 3 aromatic rings. The summed E-state index contributed by atoms with van der Waals surface area (Å²) in [6.07, 6.45) is 5.21. The molecule has 4 rings (SSSR count). The van der Waals surface area contributed by atoms with Crippen molar-refractivity contribution >= 4 is 32.7 Å². The third-order valence-corrected chi connectivity index (χ3v) is 4.85. The number of hydrogen-bond acceptors (Lipinski definition) is 5. The van der Waals surface area contributed by atoms with Gasteiger partial charge in [-0.1, -0.05) is 0 Å². The van der Waals surface area contributed by atoms with Crippen molar-refractivity contribution in [2.75, 3.05) is 31.1 Å². The van der Waals surface area contributed by atoms with E-state index >= 15 is 0 Å². The predicted molar refractivity (Wildman–Crippen MR) is 98.9 cm³/mol. The van der Waals surface area contributed by atoms with Gasteiger partial charge in [0.1, 0.15) is 18.0 Å². The summed E-state index contributed by atoms with van der Waals surface area (Å²) in [6, 6.07) is 6.79. The fourth-order valence-corrected chi connectivity index (χ4v) is 3.60. The normalized spacial score (nSPS) is 15.7. The van der Waals surface area contributed by atoms with Crippen LogP contribution in [0, 0.1) is 5.82 Å². The highest BCUT2D eigenvalue weighted by Crippen LogP contribution is 2.24. The fourth-order valence-electron chi connectivity index (χ4n) is 3.19. The molecule has 0 unspecified atom stereocenters. The second kappa shape index (κ2) is 7.01. The molecule has 0 spiro atoms. The van der Waals surface area contributed by atoms with Crippen LogP contribution in [0.2, 0.25) is 0 Å². The zero-order valence-electron chi connectivity index (χ0n) is 13.6. The number of benzene rings is 1. The molecule has 0 radical (unpaired) electrons. The van der Waals surface area contributed by atoms with Crippen LogP contribution in [-0.4, -0.2) is 46.0 Å². The Bertz CT molecular complexity index is 896. The van der Waals surface area contributed by atoms with Gasteiger partial charge in [0, 0.05) is 61.0 Å². The van der Waals surface area contributed by atoms with Crippen LogP contribution in [0.15, 0.2) is 47.5 Å². The van der Waals surface area contributed by atoms with E-state index in [1.165, 1.54) is 24.0 Å². The molecule has 5 nitrogen and oxygen atoms in total. The van der Waals surface area contributed by atoms with Gasteiger partial charge >= 0.3 is 0 Å². The molecule has 1 fully saturated rings. The predicted octanol–water partition coefficient (Wildman–Crippen LogP) is 3.25. The van der Waals surface area contributed by atoms with Gasteiger partial charge in [-0.25, -0.2) is 14.4 Å². The summed E-state index contributed by atoms with van der Waals surface area (Å²) in [5.41, 5.74) is 1.85. The second-order valence-electron chi connectivity index (χ2n) is 6.13. The molecule has 1 aliphatic heterocycles.